The van der Waals surface area contributed by atoms with E-state index in [2.05, 4.69) is 0 Å². The molecule has 0 radical (unpaired) electrons. The molecule has 1 heterocycles. The van der Waals surface area contributed by atoms with Gasteiger partial charge in [0.2, 0.25) is 0 Å². The van der Waals surface area contributed by atoms with Crippen LogP contribution in [0.4, 0.5) is 11.4 Å². The van der Waals surface area contributed by atoms with E-state index in [1.807, 2.05) is 0 Å². The molecule has 2 amide bonds. The summed E-state index contributed by atoms with van der Waals surface area (Å²) in [7, 11) is 1.45. The Morgan fingerprint density at radius 1 is 1.00 bits per heavy atom. The Balaban J connectivity index is 2.21. The highest BCUT2D eigenvalue weighted by Crippen LogP contribution is 2.39. The first-order valence-corrected chi connectivity index (χ1v) is 9.23. The molecule has 1 aliphatic heterocycles. The van der Waals surface area contributed by atoms with Crippen LogP contribution >= 0.6 is 0 Å². The maximum absolute atomic E-state index is 13.2. The standard InChI is InChI=1S/C21H20N2O7/c1-4-29-12-17-15-8-6-13(28-3)10-16(15)20(24)22(21(17)25)18-9-7-14(30-5-2)11-19(18)23(26)27/h6-12H,4-5H2,1-3H3/b17-12-. The van der Waals surface area contributed by atoms with E-state index in [9.17, 15) is 19.7 Å². The van der Waals surface area contributed by atoms with Gasteiger partial charge in [-0.2, -0.15) is 0 Å². The van der Waals surface area contributed by atoms with Crippen molar-refractivity contribution in [1.82, 2.24) is 0 Å². The highest BCUT2D eigenvalue weighted by molar-refractivity contribution is 6.41. The van der Waals surface area contributed by atoms with E-state index in [1.165, 1.54) is 37.6 Å². The number of hydrogen-bond donors (Lipinski definition) is 0. The van der Waals surface area contributed by atoms with Crippen molar-refractivity contribution in [3.63, 3.8) is 0 Å². The van der Waals surface area contributed by atoms with Crippen molar-refractivity contribution in [2.75, 3.05) is 25.2 Å². The summed E-state index contributed by atoms with van der Waals surface area (Å²) < 4.78 is 15.8. The lowest BCUT2D eigenvalue weighted by Crippen LogP contribution is -2.42. The average Bonchev–Trinajstić information content (AvgIpc) is 2.74. The van der Waals surface area contributed by atoms with Crippen LogP contribution in [-0.2, 0) is 9.53 Å². The van der Waals surface area contributed by atoms with E-state index in [0.29, 0.717) is 24.5 Å². The highest BCUT2D eigenvalue weighted by Gasteiger charge is 2.39. The van der Waals surface area contributed by atoms with Gasteiger partial charge < -0.3 is 14.2 Å². The molecule has 0 aliphatic carbocycles. The number of amides is 2. The fourth-order valence-electron chi connectivity index (χ4n) is 3.10. The number of methoxy groups -OCH3 is 1. The van der Waals surface area contributed by atoms with Gasteiger partial charge in [-0.3, -0.25) is 19.7 Å². The summed E-state index contributed by atoms with van der Waals surface area (Å²) in [6.45, 7) is 4.11. The van der Waals surface area contributed by atoms with Gasteiger partial charge in [-0.05, 0) is 44.2 Å². The number of imide groups is 1. The first-order valence-electron chi connectivity index (χ1n) is 9.23. The Morgan fingerprint density at radius 3 is 2.37 bits per heavy atom. The molecule has 3 rings (SSSR count). The number of benzene rings is 2. The number of fused-ring (bicyclic) bond motifs is 1. The van der Waals surface area contributed by atoms with E-state index in [0.717, 1.165) is 4.90 Å². The van der Waals surface area contributed by atoms with Crippen molar-refractivity contribution >= 4 is 28.8 Å². The molecule has 156 valence electrons. The van der Waals surface area contributed by atoms with E-state index < -0.39 is 22.4 Å². The number of nitro benzene ring substituents is 1. The van der Waals surface area contributed by atoms with E-state index >= 15 is 0 Å². The molecule has 0 atom stereocenters. The van der Waals surface area contributed by atoms with Crippen LogP contribution in [0.15, 0.2) is 42.7 Å². The second kappa shape index (κ2) is 8.64. The van der Waals surface area contributed by atoms with Gasteiger partial charge in [0.05, 0.1) is 48.7 Å². The summed E-state index contributed by atoms with van der Waals surface area (Å²) >= 11 is 0. The summed E-state index contributed by atoms with van der Waals surface area (Å²) in [6, 6.07) is 8.67. The van der Waals surface area contributed by atoms with Crippen molar-refractivity contribution in [1.29, 1.82) is 0 Å². The molecule has 9 heteroatoms. The monoisotopic (exact) mass is 412 g/mol. The third-order valence-electron chi connectivity index (χ3n) is 4.45. The quantitative estimate of drug-likeness (QED) is 0.225. The molecule has 2 aromatic rings. The van der Waals surface area contributed by atoms with Crippen LogP contribution in [0, 0.1) is 10.1 Å². The smallest absolute Gasteiger partial charge is 0.297 e. The SMILES string of the molecule is CCO/C=C1\C(=O)N(c2ccc(OCC)cc2[N+](=O)[O-])C(=O)c2cc(OC)ccc21. The van der Waals surface area contributed by atoms with Gasteiger partial charge in [0.1, 0.15) is 17.2 Å². The zero-order valence-electron chi connectivity index (χ0n) is 16.7. The fourth-order valence-corrected chi connectivity index (χ4v) is 3.10. The van der Waals surface area contributed by atoms with Gasteiger partial charge in [-0.25, -0.2) is 4.90 Å². The normalized spacial score (nSPS) is 14.5. The van der Waals surface area contributed by atoms with Gasteiger partial charge in [0.25, 0.3) is 17.5 Å². The number of ether oxygens (including phenoxy) is 3. The minimum absolute atomic E-state index is 0.109. The van der Waals surface area contributed by atoms with E-state index in [4.69, 9.17) is 14.2 Å². The van der Waals surface area contributed by atoms with Crippen molar-refractivity contribution < 1.29 is 28.7 Å². The van der Waals surface area contributed by atoms with E-state index in [-0.39, 0.29) is 22.6 Å². The molecular formula is C21H20N2O7. The Hall–Kier alpha value is -3.88. The van der Waals surface area contributed by atoms with Crippen molar-refractivity contribution in [3.05, 3.63) is 63.9 Å². The number of nitrogens with zero attached hydrogens (tertiary/aromatic N) is 2. The second-order valence-corrected chi connectivity index (χ2v) is 6.18. The third kappa shape index (κ3) is 3.69. The maximum Gasteiger partial charge on any atom is 0.297 e. The number of nitro groups is 1. The molecule has 30 heavy (non-hydrogen) atoms. The molecule has 2 aromatic carbocycles. The van der Waals surface area contributed by atoms with Crippen LogP contribution < -0.4 is 14.4 Å². The summed E-state index contributed by atoms with van der Waals surface area (Å²) in [4.78, 5) is 38.2. The number of carbonyl (C=O) groups is 2. The average molecular weight is 412 g/mol. The van der Waals surface area contributed by atoms with Gasteiger partial charge in [-0.15, -0.1) is 0 Å². The van der Waals surface area contributed by atoms with Crippen LogP contribution in [0.3, 0.4) is 0 Å². The Labute approximate surface area is 172 Å². The minimum atomic E-state index is -0.724. The van der Waals surface area contributed by atoms with Crippen LogP contribution in [0.2, 0.25) is 0 Å². The lowest BCUT2D eigenvalue weighted by atomic mass is 9.93. The van der Waals surface area contributed by atoms with Crippen molar-refractivity contribution in [3.8, 4) is 11.5 Å². The van der Waals surface area contributed by atoms with Crippen LogP contribution in [-0.4, -0.2) is 37.1 Å². The largest absolute Gasteiger partial charge is 0.501 e. The van der Waals surface area contributed by atoms with Crippen molar-refractivity contribution in [2.24, 2.45) is 0 Å². The van der Waals surface area contributed by atoms with Gasteiger partial charge in [0.15, 0.2) is 0 Å². The molecule has 0 bridgehead atoms. The number of rotatable bonds is 7. The lowest BCUT2D eigenvalue weighted by molar-refractivity contribution is -0.384. The molecule has 9 nitrogen and oxygen atoms in total. The predicted molar refractivity (Wildman–Crippen MR) is 109 cm³/mol. The second-order valence-electron chi connectivity index (χ2n) is 6.18. The summed E-state index contributed by atoms with van der Waals surface area (Å²) in [5, 5.41) is 11.7. The lowest BCUT2D eigenvalue weighted by Gasteiger charge is -2.28. The van der Waals surface area contributed by atoms with E-state index in [1.54, 1.807) is 26.0 Å². The predicted octanol–water partition coefficient (Wildman–Crippen LogP) is 3.57. The third-order valence-corrected chi connectivity index (χ3v) is 4.45. The van der Waals surface area contributed by atoms with Crippen LogP contribution in [0.5, 0.6) is 11.5 Å². The molecule has 0 fully saturated rings. The molecular weight excluding hydrogens is 392 g/mol. The topological polar surface area (TPSA) is 108 Å². The molecule has 1 aliphatic rings. The molecule has 0 N–H and O–H groups in total. The number of anilines is 1. The minimum Gasteiger partial charge on any atom is -0.501 e. The molecule has 0 saturated heterocycles. The zero-order chi connectivity index (χ0) is 21.8. The molecule has 0 spiro atoms. The summed E-state index contributed by atoms with van der Waals surface area (Å²) in [5.74, 6) is -0.751. The first-order chi connectivity index (χ1) is 14.4. The van der Waals surface area contributed by atoms with Gasteiger partial charge in [-0.1, -0.05) is 0 Å². The Kier molecular flexibility index (Phi) is 6.01. The molecule has 0 unspecified atom stereocenters. The highest BCUT2D eigenvalue weighted by atomic mass is 16.6. The summed E-state index contributed by atoms with van der Waals surface area (Å²) in [5.41, 5.74) is 0.0588. The van der Waals surface area contributed by atoms with Gasteiger partial charge in [0, 0.05) is 5.56 Å². The fraction of sp³-hybridized carbons (Fsp3) is 0.238. The van der Waals surface area contributed by atoms with Gasteiger partial charge >= 0.3 is 0 Å². The number of hydrogen-bond acceptors (Lipinski definition) is 7. The first kappa shape index (κ1) is 20.8. The Morgan fingerprint density at radius 2 is 1.73 bits per heavy atom. The molecule has 0 aromatic heterocycles. The van der Waals surface area contributed by atoms with Crippen molar-refractivity contribution in [2.45, 2.75) is 13.8 Å². The zero-order valence-corrected chi connectivity index (χ0v) is 16.7. The Bertz CT molecular complexity index is 1050. The summed E-state index contributed by atoms with van der Waals surface area (Å²) in [6.07, 6.45) is 1.26. The van der Waals surface area contributed by atoms with Crippen LogP contribution in [0.25, 0.3) is 5.57 Å². The van der Waals surface area contributed by atoms with Crippen LogP contribution in [0.1, 0.15) is 29.8 Å². The molecule has 0 saturated carbocycles. The number of carbonyl (C=O) groups excluding carboxylic acids is 2. The maximum atomic E-state index is 13.2.